The summed E-state index contributed by atoms with van der Waals surface area (Å²) in [6, 6.07) is 29.0. The fourth-order valence-electron chi connectivity index (χ4n) is 4.31. The highest BCUT2D eigenvalue weighted by atomic mass is 32.2. The molecule has 6 rings (SSSR count). The molecule has 0 aliphatic rings. The van der Waals surface area contributed by atoms with Crippen molar-refractivity contribution in [2.24, 2.45) is 0 Å². The molecule has 0 saturated heterocycles. The maximum Gasteiger partial charge on any atom is 0.173 e. The Hall–Kier alpha value is -4.45. The maximum atomic E-state index is 12.9. The lowest BCUT2D eigenvalue weighted by Gasteiger charge is -2.08. The second-order valence-corrected chi connectivity index (χ2v) is 10.6. The summed E-state index contributed by atoms with van der Waals surface area (Å²) in [5, 5.41) is 9.98. The van der Waals surface area contributed by atoms with E-state index >= 15 is 0 Å². The van der Waals surface area contributed by atoms with Gasteiger partial charge in [0.1, 0.15) is 23.3 Å². The second kappa shape index (κ2) is 9.54. The first-order valence-corrected chi connectivity index (χ1v) is 13.3. The Bertz CT molecular complexity index is 1790. The maximum absolute atomic E-state index is 12.9. The molecular weight excluding hydrogens is 498 g/mol. The van der Waals surface area contributed by atoms with Gasteiger partial charge in [0, 0.05) is 11.1 Å². The number of rotatable bonds is 6. The number of benzene rings is 3. The third-order valence-electron chi connectivity index (χ3n) is 6.05. The minimum atomic E-state index is 0.0343. The van der Waals surface area contributed by atoms with Crippen LogP contribution >= 0.6 is 23.1 Å². The smallest absolute Gasteiger partial charge is 0.173 e. The lowest BCUT2D eigenvalue weighted by molar-refractivity contribution is 0.102. The standard InChI is InChI=1S/C29H19N5OS2/c30-15-19-23(18-11-5-2-6-12-18)26-25(34-27(19)31)24(28-32-20-13-7-8-14-21(20)33-28)29(37-26)36-16-22(35)17-9-3-1-4-10-17/h1-14H,16H2,(H2,31,34)(H,32,33). The molecule has 0 fully saturated rings. The summed E-state index contributed by atoms with van der Waals surface area (Å²) in [6.07, 6.45) is 0. The highest BCUT2D eigenvalue weighted by molar-refractivity contribution is 8.02. The van der Waals surface area contributed by atoms with Crippen LogP contribution in [0.3, 0.4) is 0 Å². The van der Waals surface area contributed by atoms with E-state index in [1.54, 1.807) is 0 Å². The van der Waals surface area contributed by atoms with Crippen molar-refractivity contribution in [3.63, 3.8) is 0 Å². The molecule has 8 heteroatoms. The summed E-state index contributed by atoms with van der Waals surface area (Å²) in [5.41, 5.74) is 12.2. The first-order chi connectivity index (χ1) is 18.1. The number of hydrogen-bond donors (Lipinski definition) is 2. The first-order valence-electron chi connectivity index (χ1n) is 11.5. The molecule has 3 heterocycles. The lowest BCUT2D eigenvalue weighted by Crippen LogP contribution is -2.01. The van der Waals surface area contributed by atoms with Crippen LogP contribution in [0.25, 0.3) is 43.8 Å². The zero-order chi connectivity index (χ0) is 25.4. The van der Waals surface area contributed by atoms with Crippen LogP contribution < -0.4 is 5.73 Å². The predicted molar refractivity (Wildman–Crippen MR) is 151 cm³/mol. The highest BCUT2D eigenvalue weighted by Gasteiger charge is 2.25. The largest absolute Gasteiger partial charge is 0.383 e. The third kappa shape index (κ3) is 4.14. The minimum Gasteiger partial charge on any atom is -0.383 e. The van der Waals surface area contributed by atoms with Crippen molar-refractivity contribution in [2.75, 3.05) is 11.5 Å². The fourth-order valence-corrected chi connectivity index (χ4v) is 6.79. The molecule has 3 N–H and O–H groups in total. The number of carbonyl (C=O) groups excluding carboxylic acids is 1. The number of nitrogens with one attached hydrogen (secondary N) is 1. The SMILES string of the molecule is N#Cc1c(N)nc2c(-c3nc4ccccc4[nH]3)c(SCC(=O)c3ccccc3)sc2c1-c1ccccc1. The van der Waals surface area contributed by atoms with Crippen LogP contribution in [-0.2, 0) is 0 Å². The fraction of sp³-hybridized carbons (Fsp3) is 0.0345. The Labute approximate surface area is 220 Å². The number of para-hydroxylation sites is 2. The van der Waals surface area contributed by atoms with Gasteiger partial charge >= 0.3 is 0 Å². The van der Waals surface area contributed by atoms with Crippen molar-refractivity contribution in [3.05, 3.63) is 96.1 Å². The van der Waals surface area contributed by atoms with Gasteiger partial charge in [-0.2, -0.15) is 5.26 Å². The number of hydrogen-bond acceptors (Lipinski definition) is 7. The molecule has 3 aromatic carbocycles. The van der Waals surface area contributed by atoms with E-state index in [1.807, 2.05) is 84.9 Å². The molecule has 0 aliphatic heterocycles. The predicted octanol–water partition coefficient (Wildman–Crippen LogP) is 6.94. The van der Waals surface area contributed by atoms with Gasteiger partial charge in [0.2, 0.25) is 0 Å². The Morgan fingerprint density at radius 2 is 1.65 bits per heavy atom. The van der Waals surface area contributed by atoms with Gasteiger partial charge in [0.15, 0.2) is 5.78 Å². The molecule has 37 heavy (non-hydrogen) atoms. The van der Waals surface area contributed by atoms with Crippen LogP contribution in [0.4, 0.5) is 5.82 Å². The summed E-state index contributed by atoms with van der Waals surface area (Å²) < 4.78 is 1.72. The Morgan fingerprint density at radius 3 is 2.38 bits per heavy atom. The quantitative estimate of drug-likeness (QED) is 0.183. The van der Waals surface area contributed by atoms with Gasteiger partial charge in [-0.1, -0.05) is 72.8 Å². The molecule has 0 bridgehead atoms. The molecule has 0 unspecified atom stereocenters. The number of H-pyrrole nitrogens is 1. The molecule has 6 aromatic rings. The Kier molecular flexibility index (Phi) is 5.93. The van der Waals surface area contributed by atoms with Gasteiger partial charge in [-0.05, 0) is 17.7 Å². The molecule has 0 atom stereocenters. The summed E-state index contributed by atoms with van der Waals surface area (Å²) >= 11 is 2.96. The Balaban J connectivity index is 1.57. The number of thiophene rings is 1. The van der Waals surface area contributed by atoms with Crippen LogP contribution in [0.2, 0.25) is 0 Å². The van der Waals surface area contributed by atoms with Gasteiger partial charge in [-0.3, -0.25) is 4.79 Å². The number of aromatic nitrogens is 3. The number of anilines is 1. The summed E-state index contributed by atoms with van der Waals surface area (Å²) in [5.74, 6) is 1.11. The van der Waals surface area contributed by atoms with E-state index in [0.717, 1.165) is 36.6 Å². The van der Waals surface area contributed by atoms with E-state index in [9.17, 15) is 10.1 Å². The number of imidazole rings is 1. The average Bonchev–Trinajstić information content (AvgIpc) is 3.52. The monoisotopic (exact) mass is 517 g/mol. The van der Waals surface area contributed by atoms with Crippen LogP contribution in [0.5, 0.6) is 0 Å². The molecular formula is C29H19N5OS2. The lowest BCUT2D eigenvalue weighted by atomic mass is 10.00. The number of nitrogens with two attached hydrogens (primary N) is 1. The number of nitriles is 1. The van der Waals surface area contributed by atoms with Crippen LogP contribution in [0, 0.1) is 11.3 Å². The first kappa shape index (κ1) is 23.0. The zero-order valence-corrected chi connectivity index (χ0v) is 21.1. The van der Waals surface area contributed by atoms with E-state index in [4.69, 9.17) is 15.7 Å². The van der Waals surface area contributed by atoms with E-state index in [0.29, 0.717) is 22.5 Å². The van der Waals surface area contributed by atoms with Crippen LogP contribution in [0.15, 0.2) is 89.1 Å². The summed E-state index contributed by atoms with van der Waals surface area (Å²) in [7, 11) is 0. The van der Waals surface area contributed by atoms with E-state index in [1.165, 1.54) is 23.1 Å². The van der Waals surface area contributed by atoms with E-state index < -0.39 is 0 Å². The number of Topliss-reactive ketones (excluding diaryl/α,β-unsaturated/α-hetero) is 1. The van der Waals surface area contributed by atoms with E-state index in [2.05, 4.69) is 11.1 Å². The topological polar surface area (TPSA) is 108 Å². The molecule has 0 radical (unpaired) electrons. The number of ketones is 1. The van der Waals surface area contributed by atoms with Crippen molar-refractivity contribution in [1.29, 1.82) is 5.26 Å². The molecule has 0 saturated carbocycles. The summed E-state index contributed by atoms with van der Waals surface area (Å²) in [6.45, 7) is 0. The normalized spacial score (nSPS) is 11.1. The third-order valence-corrected chi connectivity index (χ3v) is 8.51. The molecule has 178 valence electrons. The molecule has 0 aliphatic carbocycles. The van der Waals surface area contributed by atoms with Crippen LogP contribution in [0.1, 0.15) is 15.9 Å². The number of thioether (sulfide) groups is 1. The molecule has 0 amide bonds. The van der Waals surface area contributed by atoms with Crippen LogP contribution in [-0.4, -0.2) is 26.5 Å². The van der Waals surface area contributed by atoms with Crippen molar-refractivity contribution >= 4 is 55.9 Å². The molecule has 3 aromatic heterocycles. The zero-order valence-electron chi connectivity index (χ0n) is 19.4. The van der Waals surface area contributed by atoms with E-state index in [-0.39, 0.29) is 17.4 Å². The second-order valence-electron chi connectivity index (χ2n) is 8.35. The molecule has 0 spiro atoms. The van der Waals surface area contributed by atoms with Gasteiger partial charge in [0.05, 0.1) is 36.8 Å². The highest BCUT2D eigenvalue weighted by Crippen LogP contribution is 2.48. The number of nitrogen functional groups attached to an aromatic ring is 1. The van der Waals surface area contributed by atoms with Crippen molar-refractivity contribution in [2.45, 2.75) is 4.21 Å². The van der Waals surface area contributed by atoms with Gasteiger partial charge in [-0.15, -0.1) is 23.1 Å². The van der Waals surface area contributed by atoms with Gasteiger partial charge < -0.3 is 10.7 Å². The number of nitrogens with zero attached hydrogens (tertiary/aromatic N) is 3. The summed E-state index contributed by atoms with van der Waals surface area (Å²) in [4.78, 5) is 25.9. The van der Waals surface area contributed by atoms with Crippen molar-refractivity contribution in [1.82, 2.24) is 15.0 Å². The number of carbonyl (C=O) groups is 1. The van der Waals surface area contributed by atoms with Gasteiger partial charge in [-0.25, -0.2) is 9.97 Å². The number of aromatic amines is 1. The average molecular weight is 518 g/mol. The van der Waals surface area contributed by atoms with Crippen molar-refractivity contribution in [3.8, 4) is 28.6 Å². The van der Waals surface area contributed by atoms with Crippen molar-refractivity contribution < 1.29 is 4.79 Å². The van der Waals surface area contributed by atoms with Gasteiger partial charge in [0.25, 0.3) is 0 Å². The number of pyridine rings is 1. The Morgan fingerprint density at radius 1 is 0.946 bits per heavy atom. The number of fused-ring (bicyclic) bond motifs is 2. The molecule has 6 nitrogen and oxygen atoms in total. The minimum absolute atomic E-state index is 0.0343.